The minimum atomic E-state index is -3.76. The zero-order valence-electron chi connectivity index (χ0n) is 13.6. The van der Waals surface area contributed by atoms with Gasteiger partial charge in [0, 0.05) is 18.2 Å². The number of benzene rings is 1. The van der Waals surface area contributed by atoms with Crippen molar-refractivity contribution in [1.82, 2.24) is 0 Å². The van der Waals surface area contributed by atoms with Crippen molar-refractivity contribution in [2.45, 2.75) is 51.6 Å². The second-order valence-electron chi connectivity index (χ2n) is 6.82. The Morgan fingerprint density at radius 2 is 1.96 bits per heavy atom. The lowest BCUT2D eigenvalue weighted by molar-refractivity contribution is -0.286. The lowest BCUT2D eigenvalue weighted by Gasteiger charge is -2.27. The molecule has 0 fully saturated rings. The molecule has 0 saturated heterocycles. The molecule has 0 radical (unpaired) electrons. The number of aliphatic hydroxyl groups is 1. The third-order valence-electron chi connectivity index (χ3n) is 3.67. The summed E-state index contributed by atoms with van der Waals surface area (Å²) in [5, 5.41) is 10.3. The second-order valence-corrected chi connectivity index (χ2v) is 6.82. The van der Waals surface area contributed by atoms with Crippen LogP contribution in [0.15, 0.2) is 12.1 Å². The fourth-order valence-electron chi connectivity index (χ4n) is 2.73. The van der Waals surface area contributed by atoms with Gasteiger partial charge in [-0.05, 0) is 39.7 Å². The number of hydrogen-bond donors (Lipinski definition) is 1. The molecular weight excluding hydrogens is 324 g/mol. The van der Waals surface area contributed by atoms with Gasteiger partial charge in [0.2, 0.25) is 0 Å². The molecule has 2 aliphatic rings. The lowest BCUT2D eigenvalue weighted by Crippen LogP contribution is -2.37. The Hall–Kier alpha value is -2.09. The smallest absolute Gasteiger partial charge is 0.443 e. The zero-order chi connectivity index (χ0) is 17.7. The molecule has 0 unspecified atom stereocenters. The standard InChI is InChI=1S/C16H19F2NO5/c1-15(2,3)24-14(21)19-6-4-5-11(20)9-7-12-13(8-10(9)19)23-16(17,18)22-12/h7-8,11,20H,4-6H2,1-3H3/t11-/m1/s1. The van der Waals surface area contributed by atoms with Crippen molar-refractivity contribution < 1.29 is 32.9 Å². The number of ether oxygens (including phenoxy) is 3. The first kappa shape index (κ1) is 16.8. The SMILES string of the molecule is CC(C)(C)OC(=O)N1CCC[C@@H](O)c2cc3c(cc21)OC(F)(F)O3. The van der Waals surface area contributed by atoms with Crippen molar-refractivity contribution in [2.24, 2.45) is 0 Å². The van der Waals surface area contributed by atoms with Gasteiger partial charge in [0.1, 0.15) is 5.60 Å². The van der Waals surface area contributed by atoms with Crippen molar-refractivity contribution in [3.05, 3.63) is 17.7 Å². The predicted octanol–water partition coefficient (Wildman–Crippen LogP) is 3.58. The summed E-state index contributed by atoms with van der Waals surface area (Å²) in [6.07, 6.45) is -4.33. The van der Waals surface area contributed by atoms with E-state index in [4.69, 9.17) is 4.74 Å². The molecule has 3 rings (SSSR count). The third-order valence-corrected chi connectivity index (χ3v) is 3.67. The van der Waals surface area contributed by atoms with Gasteiger partial charge in [-0.3, -0.25) is 4.90 Å². The highest BCUT2D eigenvalue weighted by Crippen LogP contribution is 2.47. The van der Waals surface area contributed by atoms with Crippen molar-refractivity contribution in [3.8, 4) is 11.5 Å². The highest BCUT2D eigenvalue weighted by molar-refractivity contribution is 5.90. The van der Waals surface area contributed by atoms with Crippen molar-refractivity contribution >= 4 is 11.8 Å². The number of carbonyl (C=O) groups is 1. The first-order valence-electron chi connectivity index (χ1n) is 7.68. The average molecular weight is 343 g/mol. The van der Waals surface area contributed by atoms with Crippen LogP contribution in [0.1, 0.15) is 45.3 Å². The largest absolute Gasteiger partial charge is 0.586 e. The molecule has 0 aliphatic carbocycles. The van der Waals surface area contributed by atoms with Gasteiger partial charge < -0.3 is 19.3 Å². The molecule has 1 atom stereocenters. The van der Waals surface area contributed by atoms with Gasteiger partial charge in [0.05, 0.1) is 11.8 Å². The molecule has 0 saturated carbocycles. The number of nitrogens with zero attached hydrogens (tertiary/aromatic N) is 1. The third kappa shape index (κ3) is 3.24. The molecule has 1 N–H and O–H groups in total. The summed E-state index contributed by atoms with van der Waals surface area (Å²) in [4.78, 5) is 13.8. The van der Waals surface area contributed by atoms with Gasteiger partial charge in [0.25, 0.3) is 0 Å². The van der Waals surface area contributed by atoms with E-state index in [0.29, 0.717) is 24.9 Å². The quantitative estimate of drug-likeness (QED) is 0.780. The predicted molar refractivity (Wildman–Crippen MR) is 80.4 cm³/mol. The number of carbonyl (C=O) groups excluding carboxylic acids is 1. The maximum atomic E-state index is 13.3. The number of alkyl halides is 2. The van der Waals surface area contributed by atoms with E-state index in [1.807, 2.05) is 0 Å². The summed E-state index contributed by atoms with van der Waals surface area (Å²) in [5.74, 6) is -0.342. The molecule has 1 aromatic carbocycles. The Bertz CT molecular complexity index is 671. The maximum Gasteiger partial charge on any atom is 0.586 e. The molecule has 132 valence electrons. The highest BCUT2D eigenvalue weighted by atomic mass is 19.3. The molecule has 0 aromatic heterocycles. The first-order chi connectivity index (χ1) is 11.1. The number of halogens is 2. The van der Waals surface area contributed by atoms with Gasteiger partial charge in [-0.15, -0.1) is 8.78 Å². The molecule has 8 heteroatoms. The molecule has 0 spiro atoms. The van der Waals surface area contributed by atoms with E-state index >= 15 is 0 Å². The Balaban J connectivity index is 2.01. The summed E-state index contributed by atoms with van der Waals surface area (Å²) >= 11 is 0. The number of rotatable bonds is 0. The molecule has 0 bridgehead atoms. The molecule has 1 aromatic rings. The van der Waals surface area contributed by atoms with Gasteiger partial charge >= 0.3 is 12.4 Å². The maximum absolute atomic E-state index is 13.3. The van der Waals surface area contributed by atoms with Crippen molar-refractivity contribution in [3.63, 3.8) is 0 Å². The molecule has 24 heavy (non-hydrogen) atoms. The van der Waals surface area contributed by atoms with Crippen molar-refractivity contribution in [1.29, 1.82) is 0 Å². The monoisotopic (exact) mass is 343 g/mol. The fraction of sp³-hybridized carbons (Fsp3) is 0.562. The summed E-state index contributed by atoms with van der Waals surface area (Å²) in [5.41, 5.74) is -0.0846. The Morgan fingerprint density at radius 3 is 2.58 bits per heavy atom. The number of anilines is 1. The van der Waals surface area contributed by atoms with Crippen LogP contribution in [0.4, 0.5) is 19.3 Å². The highest BCUT2D eigenvalue weighted by Gasteiger charge is 2.45. The Morgan fingerprint density at radius 1 is 1.33 bits per heavy atom. The van der Waals surface area contributed by atoms with E-state index < -0.39 is 24.1 Å². The fourth-order valence-corrected chi connectivity index (χ4v) is 2.73. The van der Waals surface area contributed by atoms with Crippen LogP contribution in [-0.2, 0) is 4.74 Å². The van der Waals surface area contributed by atoms with Crippen LogP contribution >= 0.6 is 0 Å². The van der Waals surface area contributed by atoms with E-state index in [0.717, 1.165) is 0 Å². The van der Waals surface area contributed by atoms with E-state index in [1.165, 1.54) is 17.0 Å². The Labute approximate surface area is 137 Å². The number of amides is 1. The number of aliphatic hydroxyl groups excluding tert-OH is 1. The van der Waals surface area contributed by atoms with Crippen LogP contribution < -0.4 is 14.4 Å². The normalized spacial score (nSPS) is 21.9. The minimum Gasteiger partial charge on any atom is -0.443 e. The average Bonchev–Trinajstić information content (AvgIpc) is 2.63. The summed E-state index contributed by atoms with van der Waals surface area (Å²) in [7, 11) is 0. The molecular formula is C16H19F2NO5. The van der Waals surface area contributed by atoms with Crippen LogP contribution in [0.25, 0.3) is 0 Å². The van der Waals surface area contributed by atoms with Gasteiger partial charge in [-0.2, -0.15) is 0 Å². The summed E-state index contributed by atoms with van der Waals surface area (Å²) in [6, 6.07) is 2.57. The van der Waals surface area contributed by atoms with Gasteiger partial charge in [0.15, 0.2) is 11.5 Å². The Kier molecular flexibility index (Phi) is 3.82. The van der Waals surface area contributed by atoms with Crippen LogP contribution in [-0.4, -0.2) is 29.6 Å². The van der Waals surface area contributed by atoms with E-state index in [9.17, 15) is 18.7 Å². The van der Waals surface area contributed by atoms with E-state index in [-0.39, 0.29) is 17.2 Å². The van der Waals surface area contributed by atoms with E-state index in [2.05, 4.69) is 9.47 Å². The molecule has 2 heterocycles. The second kappa shape index (κ2) is 5.47. The number of fused-ring (bicyclic) bond motifs is 2. The van der Waals surface area contributed by atoms with Crippen molar-refractivity contribution in [2.75, 3.05) is 11.4 Å². The molecule has 2 aliphatic heterocycles. The van der Waals surface area contributed by atoms with E-state index in [1.54, 1.807) is 20.8 Å². The summed E-state index contributed by atoms with van der Waals surface area (Å²) in [6.45, 7) is 5.51. The molecule has 1 amide bonds. The lowest BCUT2D eigenvalue weighted by atomic mass is 10.0. The topological polar surface area (TPSA) is 68.2 Å². The molecule has 6 nitrogen and oxygen atoms in total. The van der Waals surface area contributed by atoms with Gasteiger partial charge in [-0.25, -0.2) is 4.79 Å². The van der Waals surface area contributed by atoms with Crippen LogP contribution in [0.2, 0.25) is 0 Å². The number of hydrogen-bond acceptors (Lipinski definition) is 5. The van der Waals surface area contributed by atoms with Crippen LogP contribution in [0.5, 0.6) is 11.5 Å². The first-order valence-corrected chi connectivity index (χ1v) is 7.68. The zero-order valence-corrected chi connectivity index (χ0v) is 13.6. The van der Waals surface area contributed by atoms with Crippen LogP contribution in [0.3, 0.4) is 0 Å². The minimum absolute atomic E-state index is 0.163. The summed E-state index contributed by atoms with van der Waals surface area (Å²) < 4.78 is 40.8. The van der Waals surface area contributed by atoms with Gasteiger partial charge in [-0.1, -0.05) is 0 Å². The van der Waals surface area contributed by atoms with Crippen LogP contribution in [0, 0.1) is 0 Å².